The predicted molar refractivity (Wildman–Crippen MR) is 79.7 cm³/mol. The smallest absolute Gasteiger partial charge is 0.387 e. The van der Waals surface area contributed by atoms with E-state index in [-0.39, 0.29) is 16.9 Å². The normalized spacial score (nSPS) is 11.3. The van der Waals surface area contributed by atoms with Crippen molar-refractivity contribution in [1.29, 1.82) is 5.26 Å². The van der Waals surface area contributed by atoms with Crippen molar-refractivity contribution < 1.29 is 28.0 Å². The van der Waals surface area contributed by atoms with Gasteiger partial charge in [0.25, 0.3) is 5.69 Å². The van der Waals surface area contributed by atoms with E-state index in [1.807, 2.05) is 0 Å². The second-order valence-electron chi connectivity index (χ2n) is 4.89. The number of carbonyl (C=O) groups excluding carboxylic acids is 1. The fraction of sp³-hybridized carbons (Fsp3) is 0.333. The average molecular weight is 340 g/mol. The summed E-state index contributed by atoms with van der Waals surface area (Å²) in [6.07, 6.45) is 1.02. The molecule has 0 atom stereocenters. The van der Waals surface area contributed by atoms with Crippen LogP contribution in [0.5, 0.6) is 11.5 Å². The number of Topliss-reactive ketones (excluding diaryl/α,β-unsaturated/α-hetero) is 1. The number of benzene rings is 1. The molecule has 0 amide bonds. The Morgan fingerprint density at radius 1 is 1.38 bits per heavy atom. The molecule has 0 aromatic heterocycles. The second-order valence-corrected chi connectivity index (χ2v) is 4.89. The van der Waals surface area contributed by atoms with Crippen LogP contribution >= 0.6 is 0 Å². The maximum atomic E-state index is 12.4. The van der Waals surface area contributed by atoms with Crippen molar-refractivity contribution >= 4 is 17.5 Å². The molecular weight excluding hydrogens is 326 g/mol. The van der Waals surface area contributed by atoms with Crippen LogP contribution in [-0.2, 0) is 4.79 Å². The van der Waals surface area contributed by atoms with E-state index in [0.29, 0.717) is 0 Å². The van der Waals surface area contributed by atoms with Crippen molar-refractivity contribution in [3.63, 3.8) is 0 Å². The lowest BCUT2D eigenvalue weighted by Crippen LogP contribution is -2.09. The van der Waals surface area contributed by atoms with Gasteiger partial charge < -0.3 is 9.47 Å². The minimum Gasteiger partial charge on any atom is -0.493 e. The number of nitro benzene ring substituents is 1. The molecule has 7 nitrogen and oxygen atoms in total. The summed E-state index contributed by atoms with van der Waals surface area (Å²) in [6.45, 7) is -0.0541. The third kappa shape index (κ3) is 4.49. The molecule has 1 aromatic carbocycles. The van der Waals surface area contributed by atoms with Gasteiger partial charge in [-0.05, 0) is 12.1 Å². The summed E-state index contributed by atoms with van der Waals surface area (Å²) in [6, 6.07) is 3.49. The first-order valence-corrected chi connectivity index (χ1v) is 6.68. The zero-order valence-corrected chi connectivity index (χ0v) is 13.1. The summed E-state index contributed by atoms with van der Waals surface area (Å²) in [5, 5.41) is 20.2. The van der Waals surface area contributed by atoms with Crippen molar-refractivity contribution in [3.05, 3.63) is 33.4 Å². The van der Waals surface area contributed by atoms with E-state index in [1.165, 1.54) is 0 Å². The molecule has 0 aliphatic heterocycles. The summed E-state index contributed by atoms with van der Waals surface area (Å²) in [5.74, 6) is -1.71. The van der Waals surface area contributed by atoms with Crippen molar-refractivity contribution in [3.8, 4) is 17.6 Å². The van der Waals surface area contributed by atoms with Crippen molar-refractivity contribution in [2.75, 3.05) is 7.11 Å². The molecule has 0 heterocycles. The van der Waals surface area contributed by atoms with Crippen LogP contribution in [0.25, 0.3) is 6.08 Å². The molecule has 0 N–H and O–H groups in total. The van der Waals surface area contributed by atoms with Gasteiger partial charge in [0.15, 0.2) is 17.3 Å². The van der Waals surface area contributed by atoms with E-state index < -0.39 is 34.7 Å². The first-order valence-electron chi connectivity index (χ1n) is 6.68. The molecule has 9 heteroatoms. The van der Waals surface area contributed by atoms with Gasteiger partial charge in [-0.25, -0.2) is 0 Å². The Labute approximate surface area is 136 Å². The number of nitro groups is 1. The Kier molecular flexibility index (Phi) is 6.35. The number of nitriles is 1. The van der Waals surface area contributed by atoms with Gasteiger partial charge in [-0.3, -0.25) is 14.9 Å². The first kappa shape index (κ1) is 19.0. The summed E-state index contributed by atoms with van der Waals surface area (Å²) in [5.41, 5.74) is -1.03. The van der Waals surface area contributed by atoms with Crippen LogP contribution in [0.2, 0.25) is 0 Å². The summed E-state index contributed by atoms with van der Waals surface area (Å²) in [7, 11) is 1.16. The number of hydrogen-bond donors (Lipinski definition) is 0. The summed E-state index contributed by atoms with van der Waals surface area (Å²) in [4.78, 5) is 22.2. The van der Waals surface area contributed by atoms with E-state index in [1.54, 1.807) is 19.9 Å². The molecule has 24 heavy (non-hydrogen) atoms. The Bertz CT molecular complexity index is 723. The summed E-state index contributed by atoms with van der Waals surface area (Å²) < 4.78 is 33.8. The fourth-order valence-corrected chi connectivity index (χ4v) is 1.81. The molecule has 0 fully saturated rings. The van der Waals surface area contributed by atoms with Crippen LogP contribution in [0.3, 0.4) is 0 Å². The highest BCUT2D eigenvalue weighted by molar-refractivity contribution is 6.04. The van der Waals surface area contributed by atoms with Gasteiger partial charge in [-0.2, -0.15) is 14.0 Å². The maximum Gasteiger partial charge on any atom is 0.387 e. The number of halogens is 2. The van der Waals surface area contributed by atoms with Gasteiger partial charge in [-0.1, -0.05) is 13.8 Å². The quantitative estimate of drug-likeness (QED) is 0.326. The van der Waals surface area contributed by atoms with E-state index in [9.17, 15) is 23.7 Å². The molecule has 0 aliphatic rings. The van der Waals surface area contributed by atoms with Crippen LogP contribution in [-0.4, -0.2) is 24.4 Å². The zero-order chi connectivity index (χ0) is 18.4. The highest BCUT2D eigenvalue weighted by atomic mass is 19.3. The molecular formula is C15H14F2N2O5. The van der Waals surface area contributed by atoms with Crippen molar-refractivity contribution in [2.24, 2.45) is 5.92 Å². The van der Waals surface area contributed by atoms with Crippen LogP contribution in [0.15, 0.2) is 17.7 Å². The van der Waals surface area contributed by atoms with E-state index >= 15 is 0 Å². The molecule has 1 aromatic rings. The van der Waals surface area contributed by atoms with E-state index in [4.69, 9.17) is 10.00 Å². The standard InChI is InChI=1S/C15H14F2N2O5/c1-8(2)14(20)10(7-18)4-9-5-12(23-3)13(24-15(16)17)6-11(9)19(21)22/h4-6,8,15H,1-3H3/b10-4-. The number of alkyl halides is 2. The van der Waals surface area contributed by atoms with Gasteiger partial charge in [0.2, 0.25) is 0 Å². The first-order chi connectivity index (χ1) is 11.2. The van der Waals surface area contributed by atoms with Crippen LogP contribution in [0.4, 0.5) is 14.5 Å². The number of rotatable bonds is 7. The van der Waals surface area contributed by atoms with E-state index in [0.717, 1.165) is 25.3 Å². The fourth-order valence-electron chi connectivity index (χ4n) is 1.81. The van der Waals surface area contributed by atoms with Crippen molar-refractivity contribution in [2.45, 2.75) is 20.5 Å². The van der Waals surface area contributed by atoms with Gasteiger partial charge in [0, 0.05) is 5.92 Å². The molecule has 0 unspecified atom stereocenters. The minimum absolute atomic E-state index is 0.135. The van der Waals surface area contributed by atoms with Gasteiger partial charge in [0.1, 0.15) is 6.07 Å². The van der Waals surface area contributed by atoms with Gasteiger partial charge >= 0.3 is 6.61 Å². The molecule has 0 radical (unpaired) electrons. The lowest BCUT2D eigenvalue weighted by molar-refractivity contribution is -0.385. The SMILES string of the molecule is COc1cc(/C=C(/C#N)C(=O)C(C)C)c([N+](=O)[O-])cc1OC(F)F. The molecule has 0 aliphatic carbocycles. The number of hydrogen-bond acceptors (Lipinski definition) is 6. The Morgan fingerprint density at radius 3 is 2.42 bits per heavy atom. The van der Waals surface area contributed by atoms with Crippen LogP contribution < -0.4 is 9.47 Å². The predicted octanol–water partition coefficient (Wildman–Crippen LogP) is 3.34. The number of ketones is 1. The lowest BCUT2D eigenvalue weighted by atomic mass is 9.99. The maximum absolute atomic E-state index is 12.4. The highest BCUT2D eigenvalue weighted by Gasteiger charge is 2.22. The molecule has 0 bridgehead atoms. The third-order valence-electron chi connectivity index (χ3n) is 2.94. The number of methoxy groups -OCH3 is 1. The molecule has 0 spiro atoms. The van der Waals surface area contributed by atoms with Gasteiger partial charge in [0.05, 0.1) is 29.2 Å². The van der Waals surface area contributed by atoms with Gasteiger partial charge in [-0.15, -0.1) is 0 Å². The summed E-state index contributed by atoms with van der Waals surface area (Å²) >= 11 is 0. The molecule has 128 valence electrons. The van der Waals surface area contributed by atoms with Crippen molar-refractivity contribution in [1.82, 2.24) is 0 Å². The lowest BCUT2D eigenvalue weighted by Gasteiger charge is -2.11. The molecule has 0 saturated heterocycles. The van der Waals surface area contributed by atoms with E-state index in [2.05, 4.69) is 4.74 Å². The Balaban J connectivity index is 3.54. The Hall–Kier alpha value is -3.02. The number of ether oxygens (including phenoxy) is 2. The topological polar surface area (TPSA) is 102 Å². The second kappa shape index (κ2) is 8.01. The highest BCUT2D eigenvalue weighted by Crippen LogP contribution is 2.36. The largest absolute Gasteiger partial charge is 0.493 e. The number of allylic oxidation sites excluding steroid dienone is 1. The van der Waals surface area contributed by atoms with Crippen LogP contribution in [0.1, 0.15) is 19.4 Å². The Morgan fingerprint density at radius 2 is 2.00 bits per heavy atom. The van der Waals surface area contributed by atoms with Crippen LogP contribution in [0, 0.1) is 27.4 Å². The molecule has 0 saturated carbocycles. The number of carbonyl (C=O) groups is 1. The third-order valence-corrected chi connectivity index (χ3v) is 2.94. The number of nitrogens with zero attached hydrogens (tertiary/aromatic N) is 2. The minimum atomic E-state index is -3.20. The molecule has 1 rings (SSSR count). The average Bonchev–Trinajstić information content (AvgIpc) is 2.51. The zero-order valence-electron chi connectivity index (χ0n) is 13.1. The monoisotopic (exact) mass is 340 g/mol.